The third-order valence-corrected chi connectivity index (χ3v) is 6.23. The van der Waals surface area contributed by atoms with Gasteiger partial charge in [-0.2, -0.15) is 8.78 Å². The maximum Gasteiger partial charge on any atom is 0.351 e. The van der Waals surface area contributed by atoms with Gasteiger partial charge < -0.3 is 0 Å². The largest absolute Gasteiger partial charge is 0.351 e. The molecule has 2 amide bonds. The number of alkyl halides is 2. The van der Waals surface area contributed by atoms with Crippen molar-refractivity contribution in [3.05, 3.63) is 35.9 Å². The molecule has 0 aliphatic heterocycles. The number of amides is 2. The van der Waals surface area contributed by atoms with Crippen molar-refractivity contribution >= 4 is 11.8 Å². The summed E-state index contributed by atoms with van der Waals surface area (Å²) in [6.45, 7) is 0. The maximum absolute atomic E-state index is 14.2. The zero-order valence-corrected chi connectivity index (χ0v) is 13.9. The lowest BCUT2D eigenvalue weighted by Crippen LogP contribution is -2.58. The SMILES string of the molecule is O=C(NNC(=O)C(F)(F)c1ccccc1)C12CC3CC(CC(C3)C1)C2. The summed E-state index contributed by atoms with van der Waals surface area (Å²) >= 11 is 0. The number of halogens is 2. The van der Waals surface area contributed by atoms with E-state index in [1.165, 1.54) is 43.5 Å². The first kappa shape index (κ1) is 16.5. The summed E-state index contributed by atoms with van der Waals surface area (Å²) in [5.41, 5.74) is 3.38. The zero-order chi connectivity index (χ0) is 17.7. The number of hydrazine groups is 1. The number of rotatable bonds is 3. The lowest BCUT2D eigenvalue weighted by molar-refractivity contribution is -0.155. The van der Waals surface area contributed by atoms with Crippen molar-refractivity contribution in [1.29, 1.82) is 0 Å². The minimum absolute atomic E-state index is 0.302. The Kier molecular flexibility index (Phi) is 3.81. The summed E-state index contributed by atoms with van der Waals surface area (Å²) < 4.78 is 28.4. The molecular formula is C19H22F2N2O2. The van der Waals surface area contributed by atoms with Crippen molar-refractivity contribution < 1.29 is 18.4 Å². The van der Waals surface area contributed by atoms with Crippen LogP contribution in [-0.4, -0.2) is 11.8 Å². The molecule has 4 saturated carbocycles. The van der Waals surface area contributed by atoms with Gasteiger partial charge in [0.1, 0.15) is 0 Å². The molecule has 0 heterocycles. The lowest BCUT2D eigenvalue weighted by Gasteiger charge is -2.55. The van der Waals surface area contributed by atoms with E-state index in [-0.39, 0.29) is 5.91 Å². The number of nitrogens with one attached hydrogen (secondary N) is 2. The molecule has 4 aliphatic rings. The Bertz CT molecular complexity index is 655. The van der Waals surface area contributed by atoms with Crippen molar-refractivity contribution in [2.75, 3.05) is 0 Å². The molecule has 4 fully saturated rings. The summed E-state index contributed by atoms with van der Waals surface area (Å²) in [5.74, 6) is -3.79. The Balaban J connectivity index is 1.41. The van der Waals surface area contributed by atoms with Gasteiger partial charge in [0, 0.05) is 5.56 Å². The molecule has 134 valence electrons. The average Bonchev–Trinajstić information content (AvgIpc) is 2.58. The Morgan fingerprint density at radius 2 is 1.44 bits per heavy atom. The van der Waals surface area contributed by atoms with E-state index in [0.717, 1.165) is 19.3 Å². The van der Waals surface area contributed by atoms with Crippen LogP contribution < -0.4 is 10.9 Å². The first-order valence-electron chi connectivity index (χ1n) is 8.93. The van der Waals surface area contributed by atoms with E-state index in [2.05, 4.69) is 5.43 Å². The van der Waals surface area contributed by atoms with Crippen molar-refractivity contribution in [2.45, 2.75) is 44.4 Å². The van der Waals surface area contributed by atoms with Crippen LogP contribution in [0.15, 0.2) is 30.3 Å². The van der Waals surface area contributed by atoms with Gasteiger partial charge in [0.05, 0.1) is 5.41 Å². The average molecular weight is 348 g/mol. The quantitative estimate of drug-likeness (QED) is 0.825. The molecule has 25 heavy (non-hydrogen) atoms. The van der Waals surface area contributed by atoms with Crippen molar-refractivity contribution in [3.63, 3.8) is 0 Å². The molecule has 0 unspecified atom stereocenters. The van der Waals surface area contributed by atoms with Crippen LogP contribution in [0, 0.1) is 23.2 Å². The van der Waals surface area contributed by atoms with Crippen LogP contribution in [0.5, 0.6) is 0 Å². The van der Waals surface area contributed by atoms with Crippen LogP contribution in [0.3, 0.4) is 0 Å². The minimum Gasteiger partial charge on any atom is -0.273 e. The predicted molar refractivity (Wildman–Crippen MR) is 87.2 cm³/mol. The second kappa shape index (κ2) is 5.78. The Morgan fingerprint density at radius 3 is 1.96 bits per heavy atom. The highest BCUT2D eigenvalue weighted by molar-refractivity contribution is 5.89. The topological polar surface area (TPSA) is 58.2 Å². The van der Waals surface area contributed by atoms with Gasteiger partial charge in [-0.25, -0.2) is 0 Å². The molecule has 4 bridgehead atoms. The van der Waals surface area contributed by atoms with Gasteiger partial charge in [0.25, 0.3) is 0 Å². The van der Waals surface area contributed by atoms with Crippen LogP contribution in [0.25, 0.3) is 0 Å². The number of hydrogen-bond donors (Lipinski definition) is 2. The second-order valence-electron chi connectivity index (χ2n) is 8.05. The molecule has 1 aromatic carbocycles. The van der Waals surface area contributed by atoms with E-state index in [1.807, 2.05) is 5.43 Å². The molecule has 4 aliphatic carbocycles. The van der Waals surface area contributed by atoms with E-state index in [1.54, 1.807) is 6.07 Å². The standard InChI is InChI=1S/C19H22F2N2O2/c20-19(21,15-4-2-1-3-5-15)17(25)23-22-16(24)18-9-12-6-13(10-18)8-14(7-12)11-18/h1-5,12-14H,6-11H2,(H,22,24)(H,23,25). The van der Waals surface area contributed by atoms with E-state index in [9.17, 15) is 18.4 Å². The fourth-order valence-corrected chi connectivity index (χ4v) is 5.49. The number of carbonyl (C=O) groups is 2. The fourth-order valence-electron chi connectivity index (χ4n) is 5.49. The zero-order valence-electron chi connectivity index (χ0n) is 13.9. The van der Waals surface area contributed by atoms with Crippen LogP contribution in [0.1, 0.15) is 44.1 Å². The summed E-state index contributed by atoms with van der Waals surface area (Å²) in [7, 11) is 0. The number of carbonyl (C=O) groups excluding carboxylic acids is 2. The van der Waals surface area contributed by atoms with Gasteiger partial charge in [-0.1, -0.05) is 30.3 Å². The monoisotopic (exact) mass is 348 g/mol. The Hall–Kier alpha value is -1.98. The van der Waals surface area contributed by atoms with Crippen LogP contribution in [-0.2, 0) is 15.5 Å². The van der Waals surface area contributed by atoms with Crippen molar-refractivity contribution in [3.8, 4) is 0 Å². The summed E-state index contributed by atoms with van der Waals surface area (Å²) in [6, 6.07) is 6.89. The van der Waals surface area contributed by atoms with Crippen molar-refractivity contribution in [2.24, 2.45) is 23.2 Å². The molecule has 0 spiro atoms. The lowest BCUT2D eigenvalue weighted by atomic mass is 9.49. The first-order valence-corrected chi connectivity index (χ1v) is 8.93. The molecule has 1 aromatic rings. The van der Waals surface area contributed by atoms with Gasteiger partial charge in [-0.15, -0.1) is 0 Å². The molecule has 0 aromatic heterocycles. The second-order valence-corrected chi connectivity index (χ2v) is 8.05. The maximum atomic E-state index is 14.2. The van der Waals surface area contributed by atoms with Crippen molar-refractivity contribution in [1.82, 2.24) is 10.9 Å². The highest BCUT2D eigenvalue weighted by Gasteiger charge is 2.55. The third-order valence-electron chi connectivity index (χ3n) is 6.23. The van der Waals surface area contributed by atoms with Gasteiger partial charge in [-0.05, 0) is 56.3 Å². The van der Waals surface area contributed by atoms with E-state index >= 15 is 0 Å². The van der Waals surface area contributed by atoms with Gasteiger partial charge in [-0.3, -0.25) is 20.4 Å². The molecule has 0 atom stereocenters. The third kappa shape index (κ3) is 2.81. The first-order chi connectivity index (χ1) is 11.9. The molecular weight excluding hydrogens is 326 g/mol. The minimum atomic E-state index is -3.68. The Morgan fingerprint density at radius 1 is 0.920 bits per heavy atom. The predicted octanol–water partition coefficient (Wildman–Crippen LogP) is 3.14. The Labute approximate surface area is 145 Å². The highest BCUT2D eigenvalue weighted by Crippen LogP contribution is 2.60. The summed E-state index contributed by atoms with van der Waals surface area (Å²) in [6.07, 6.45) is 6.00. The van der Waals surface area contributed by atoms with Gasteiger partial charge >= 0.3 is 11.8 Å². The van der Waals surface area contributed by atoms with E-state index < -0.39 is 22.8 Å². The molecule has 0 saturated heterocycles. The molecule has 5 rings (SSSR count). The van der Waals surface area contributed by atoms with E-state index in [0.29, 0.717) is 17.8 Å². The highest BCUT2D eigenvalue weighted by atomic mass is 19.3. The normalized spacial score (nSPS) is 33.1. The molecule has 6 heteroatoms. The molecule has 2 N–H and O–H groups in total. The van der Waals surface area contributed by atoms with Gasteiger partial charge in [0.2, 0.25) is 5.91 Å². The smallest absolute Gasteiger partial charge is 0.273 e. The van der Waals surface area contributed by atoms with Crippen LogP contribution >= 0.6 is 0 Å². The van der Waals surface area contributed by atoms with Crippen LogP contribution in [0.4, 0.5) is 8.78 Å². The molecule has 4 nitrogen and oxygen atoms in total. The number of benzene rings is 1. The summed E-state index contributed by atoms with van der Waals surface area (Å²) in [5, 5.41) is 0. The van der Waals surface area contributed by atoms with Gasteiger partial charge in [0.15, 0.2) is 0 Å². The summed E-state index contributed by atoms with van der Waals surface area (Å²) in [4.78, 5) is 24.6. The van der Waals surface area contributed by atoms with Crippen LogP contribution in [0.2, 0.25) is 0 Å². The number of hydrogen-bond acceptors (Lipinski definition) is 2. The molecule has 0 radical (unpaired) electrons. The van der Waals surface area contributed by atoms with E-state index in [4.69, 9.17) is 0 Å². The fraction of sp³-hybridized carbons (Fsp3) is 0.579.